The first kappa shape index (κ1) is 19.1. The minimum absolute atomic E-state index is 0.142. The molecule has 1 aromatic carbocycles. The van der Waals surface area contributed by atoms with E-state index in [9.17, 15) is 4.79 Å². The summed E-state index contributed by atoms with van der Waals surface area (Å²) < 4.78 is 1.54. The highest BCUT2D eigenvalue weighted by atomic mass is 35.5. The molecule has 1 N–H and O–H groups in total. The van der Waals surface area contributed by atoms with Crippen LogP contribution in [0.15, 0.2) is 18.2 Å². The minimum atomic E-state index is -0.142. The van der Waals surface area contributed by atoms with E-state index < -0.39 is 0 Å². The van der Waals surface area contributed by atoms with Crippen molar-refractivity contribution in [1.82, 2.24) is 25.0 Å². The number of aromatic nitrogens is 3. The molecule has 1 aliphatic rings. The van der Waals surface area contributed by atoms with Crippen LogP contribution >= 0.6 is 23.2 Å². The maximum atomic E-state index is 12.8. The molecule has 26 heavy (non-hydrogen) atoms. The number of aryl methyl sites for hydroxylation is 1. The second-order valence-corrected chi connectivity index (χ2v) is 7.32. The van der Waals surface area contributed by atoms with Crippen molar-refractivity contribution >= 4 is 29.1 Å². The highest BCUT2D eigenvalue weighted by molar-refractivity contribution is 6.37. The number of carbonyl (C=O) groups excluding carboxylic acids is 1. The SMILES string of the molecule is CCNCC1CCN(C(=O)c2nc(C)n(-c3c(Cl)cccc3Cl)n2)CC1. The van der Waals surface area contributed by atoms with Gasteiger partial charge in [0.2, 0.25) is 5.82 Å². The lowest BCUT2D eigenvalue weighted by atomic mass is 9.97. The lowest BCUT2D eigenvalue weighted by Gasteiger charge is -2.31. The Morgan fingerprint density at radius 1 is 1.27 bits per heavy atom. The number of amides is 1. The molecule has 0 atom stereocenters. The summed E-state index contributed by atoms with van der Waals surface area (Å²) in [7, 11) is 0. The zero-order valence-electron chi connectivity index (χ0n) is 15.0. The molecule has 0 unspecified atom stereocenters. The fourth-order valence-electron chi connectivity index (χ4n) is 3.21. The molecule has 1 amide bonds. The Kier molecular flexibility index (Phi) is 6.16. The van der Waals surface area contributed by atoms with Crippen molar-refractivity contribution in [3.05, 3.63) is 39.9 Å². The standard InChI is InChI=1S/C18H23Cl2N5O/c1-3-21-11-13-7-9-24(10-8-13)18(26)17-22-12(2)25(23-17)16-14(19)5-4-6-15(16)20/h4-6,13,21H,3,7-11H2,1-2H3. The van der Waals surface area contributed by atoms with E-state index in [1.54, 1.807) is 25.1 Å². The van der Waals surface area contributed by atoms with Crippen molar-refractivity contribution in [3.63, 3.8) is 0 Å². The summed E-state index contributed by atoms with van der Waals surface area (Å²) in [5.74, 6) is 1.24. The zero-order chi connectivity index (χ0) is 18.7. The third kappa shape index (κ3) is 4.03. The predicted molar refractivity (Wildman–Crippen MR) is 103 cm³/mol. The van der Waals surface area contributed by atoms with E-state index >= 15 is 0 Å². The first-order valence-corrected chi connectivity index (χ1v) is 9.65. The van der Waals surface area contributed by atoms with Crippen molar-refractivity contribution in [2.75, 3.05) is 26.2 Å². The predicted octanol–water partition coefficient (Wildman–Crippen LogP) is 3.34. The Morgan fingerprint density at radius 2 is 1.92 bits per heavy atom. The van der Waals surface area contributed by atoms with Gasteiger partial charge in [-0.3, -0.25) is 4.79 Å². The molecule has 3 rings (SSSR count). The quantitative estimate of drug-likeness (QED) is 0.842. The Balaban J connectivity index is 1.74. The van der Waals surface area contributed by atoms with E-state index in [1.165, 1.54) is 4.68 Å². The number of halogens is 2. The van der Waals surface area contributed by atoms with Crippen LogP contribution in [0.4, 0.5) is 0 Å². The van der Waals surface area contributed by atoms with Crippen LogP contribution in [0.5, 0.6) is 0 Å². The fraction of sp³-hybridized carbons (Fsp3) is 0.500. The van der Waals surface area contributed by atoms with Crippen molar-refractivity contribution in [2.45, 2.75) is 26.7 Å². The van der Waals surface area contributed by atoms with Gasteiger partial charge in [0.15, 0.2) is 0 Å². The van der Waals surface area contributed by atoms with Gasteiger partial charge < -0.3 is 10.2 Å². The minimum Gasteiger partial charge on any atom is -0.336 e. The Bertz CT molecular complexity index is 764. The molecule has 1 aromatic heterocycles. The van der Waals surface area contributed by atoms with E-state index in [-0.39, 0.29) is 11.7 Å². The number of rotatable bonds is 5. The monoisotopic (exact) mass is 395 g/mol. The van der Waals surface area contributed by atoms with E-state index in [2.05, 4.69) is 22.3 Å². The first-order chi connectivity index (χ1) is 12.5. The maximum Gasteiger partial charge on any atom is 0.293 e. The van der Waals surface area contributed by atoms with E-state index in [1.807, 2.05) is 4.90 Å². The molecule has 1 saturated heterocycles. The van der Waals surface area contributed by atoms with Crippen molar-refractivity contribution in [2.24, 2.45) is 5.92 Å². The molecule has 8 heteroatoms. The van der Waals surface area contributed by atoms with Gasteiger partial charge >= 0.3 is 0 Å². The Morgan fingerprint density at radius 3 is 2.54 bits per heavy atom. The van der Waals surface area contributed by atoms with Gasteiger partial charge in [-0.1, -0.05) is 36.2 Å². The Hall–Kier alpha value is -1.63. The Labute approximate surface area is 163 Å². The fourth-order valence-corrected chi connectivity index (χ4v) is 3.77. The molecule has 1 aliphatic heterocycles. The van der Waals surface area contributed by atoms with Gasteiger partial charge in [0.25, 0.3) is 5.91 Å². The van der Waals surface area contributed by atoms with Crippen LogP contribution in [-0.2, 0) is 0 Å². The van der Waals surface area contributed by atoms with Gasteiger partial charge in [0.1, 0.15) is 11.5 Å². The van der Waals surface area contributed by atoms with Gasteiger partial charge in [-0.2, -0.15) is 0 Å². The maximum absolute atomic E-state index is 12.8. The third-order valence-corrected chi connectivity index (χ3v) is 5.30. The normalized spacial score (nSPS) is 15.5. The summed E-state index contributed by atoms with van der Waals surface area (Å²) in [6.45, 7) is 7.34. The van der Waals surface area contributed by atoms with Gasteiger partial charge in [-0.05, 0) is 50.9 Å². The molecule has 6 nitrogen and oxygen atoms in total. The van der Waals surface area contributed by atoms with E-state index in [4.69, 9.17) is 23.2 Å². The number of hydrogen-bond donors (Lipinski definition) is 1. The number of carbonyl (C=O) groups is 1. The van der Waals surface area contributed by atoms with E-state index in [0.717, 1.165) is 39.0 Å². The summed E-state index contributed by atoms with van der Waals surface area (Å²) in [4.78, 5) is 19.0. The molecule has 0 spiro atoms. The summed E-state index contributed by atoms with van der Waals surface area (Å²) in [5.41, 5.74) is 0.546. The largest absolute Gasteiger partial charge is 0.336 e. The average molecular weight is 396 g/mol. The smallest absolute Gasteiger partial charge is 0.293 e. The summed E-state index contributed by atoms with van der Waals surface area (Å²) in [6, 6.07) is 5.24. The van der Waals surface area contributed by atoms with Crippen molar-refractivity contribution in [3.8, 4) is 5.69 Å². The zero-order valence-corrected chi connectivity index (χ0v) is 16.5. The summed E-state index contributed by atoms with van der Waals surface area (Å²) in [6.07, 6.45) is 1.99. The van der Waals surface area contributed by atoms with Crippen LogP contribution in [0.3, 0.4) is 0 Å². The van der Waals surface area contributed by atoms with Crippen LogP contribution in [0, 0.1) is 12.8 Å². The molecular formula is C18H23Cl2N5O. The second kappa shape index (κ2) is 8.37. The first-order valence-electron chi connectivity index (χ1n) is 8.89. The molecule has 0 aliphatic carbocycles. The number of para-hydroxylation sites is 1. The highest BCUT2D eigenvalue weighted by Gasteiger charge is 2.27. The molecule has 0 saturated carbocycles. The van der Waals surface area contributed by atoms with Gasteiger partial charge in [-0.15, -0.1) is 5.10 Å². The summed E-state index contributed by atoms with van der Waals surface area (Å²) >= 11 is 12.5. The number of piperidine rings is 1. The molecule has 2 heterocycles. The lowest BCUT2D eigenvalue weighted by molar-refractivity contribution is 0.0678. The summed E-state index contributed by atoms with van der Waals surface area (Å²) in [5, 5.41) is 8.69. The van der Waals surface area contributed by atoms with Gasteiger partial charge in [0.05, 0.1) is 10.0 Å². The van der Waals surface area contributed by atoms with Gasteiger partial charge in [-0.25, -0.2) is 9.67 Å². The number of benzene rings is 1. The highest BCUT2D eigenvalue weighted by Crippen LogP contribution is 2.28. The van der Waals surface area contributed by atoms with Gasteiger partial charge in [0, 0.05) is 13.1 Å². The number of nitrogens with one attached hydrogen (secondary N) is 1. The average Bonchev–Trinajstić information content (AvgIpc) is 3.01. The van der Waals surface area contributed by atoms with E-state index in [0.29, 0.717) is 27.5 Å². The number of likely N-dealkylation sites (tertiary alicyclic amines) is 1. The second-order valence-electron chi connectivity index (χ2n) is 6.51. The van der Waals surface area contributed by atoms with Crippen LogP contribution in [0.2, 0.25) is 10.0 Å². The molecule has 0 radical (unpaired) electrons. The molecule has 1 fully saturated rings. The van der Waals surface area contributed by atoms with Crippen LogP contribution < -0.4 is 5.32 Å². The molecule has 140 valence electrons. The number of hydrogen-bond acceptors (Lipinski definition) is 4. The molecular weight excluding hydrogens is 373 g/mol. The topological polar surface area (TPSA) is 63.1 Å². The molecule has 0 bridgehead atoms. The lowest BCUT2D eigenvalue weighted by Crippen LogP contribution is -2.41. The van der Waals surface area contributed by atoms with Crippen LogP contribution in [-0.4, -0.2) is 51.8 Å². The number of nitrogens with zero attached hydrogens (tertiary/aromatic N) is 4. The van der Waals surface area contributed by atoms with Crippen LogP contribution in [0.1, 0.15) is 36.2 Å². The molecule has 2 aromatic rings. The third-order valence-electron chi connectivity index (χ3n) is 4.69. The van der Waals surface area contributed by atoms with Crippen molar-refractivity contribution < 1.29 is 4.79 Å². The van der Waals surface area contributed by atoms with Crippen molar-refractivity contribution in [1.29, 1.82) is 0 Å². The van der Waals surface area contributed by atoms with Crippen LogP contribution in [0.25, 0.3) is 5.69 Å².